The molecule has 0 spiro atoms. The average molecular weight is 382 g/mol. The quantitative estimate of drug-likeness (QED) is 0.378. The van der Waals surface area contributed by atoms with Gasteiger partial charge in [0.15, 0.2) is 0 Å². The van der Waals surface area contributed by atoms with Gasteiger partial charge in [-0.2, -0.15) is 0 Å². The molecule has 0 aliphatic heterocycles. The molecule has 2 aromatic rings. The van der Waals surface area contributed by atoms with Gasteiger partial charge in [-0.3, -0.25) is 15.1 Å². The zero-order valence-electron chi connectivity index (χ0n) is 10.6. The van der Waals surface area contributed by atoms with Crippen LogP contribution in [0.3, 0.4) is 0 Å². The molecule has 0 aliphatic carbocycles. The van der Waals surface area contributed by atoms with Crippen LogP contribution in [-0.2, 0) is 0 Å². The lowest BCUT2D eigenvalue weighted by Gasteiger charge is -2.01. The third-order valence-corrected chi connectivity index (χ3v) is 3.95. The first kappa shape index (κ1) is 14.4. The number of aryl methyl sites for hydroxylation is 1. The van der Waals surface area contributed by atoms with Crippen molar-refractivity contribution < 1.29 is 10.0 Å². The van der Waals surface area contributed by atoms with E-state index in [0.717, 1.165) is 14.8 Å². The van der Waals surface area contributed by atoms with E-state index in [1.807, 2.05) is 25.1 Å². The lowest BCUT2D eigenvalue weighted by Crippen LogP contribution is -1.91. The molecule has 6 heteroatoms. The second-order valence-electron chi connectivity index (χ2n) is 4.16. The van der Waals surface area contributed by atoms with E-state index >= 15 is 0 Å². The molecule has 0 saturated heterocycles. The third kappa shape index (κ3) is 3.13. The highest BCUT2D eigenvalue weighted by atomic mass is 127. The molecule has 1 N–H and O–H groups in total. The molecule has 0 bridgehead atoms. The van der Waals surface area contributed by atoms with Crippen LogP contribution in [0.15, 0.2) is 41.4 Å². The Morgan fingerprint density at radius 1 is 1.35 bits per heavy atom. The Morgan fingerprint density at radius 2 is 2.10 bits per heavy atom. The number of nitro benzene ring substituents is 1. The van der Waals surface area contributed by atoms with Crippen LogP contribution < -0.4 is 0 Å². The molecular weight excluding hydrogens is 371 g/mol. The number of aliphatic imine (C=N–C) groups is 1. The lowest BCUT2D eigenvalue weighted by atomic mass is 10.2. The summed E-state index contributed by atoms with van der Waals surface area (Å²) in [6.45, 7) is 1.98. The van der Waals surface area contributed by atoms with Crippen molar-refractivity contribution in [1.29, 1.82) is 0 Å². The molecule has 102 valence electrons. The van der Waals surface area contributed by atoms with Gasteiger partial charge in [-0.25, -0.2) is 0 Å². The summed E-state index contributed by atoms with van der Waals surface area (Å²) < 4.78 is 1.14. The normalized spacial score (nSPS) is 10.9. The Balaban J connectivity index is 2.34. The van der Waals surface area contributed by atoms with Crippen LogP contribution in [0.2, 0.25) is 0 Å². The highest BCUT2D eigenvalue weighted by Gasteiger charge is 2.14. The van der Waals surface area contributed by atoms with Gasteiger partial charge in [0, 0.05) is 21.4 Å². The van der Waals surface area contributed by atoms with Gasteiger partial charge in [0.25, 0.3) is 0 Å². The number of benzene rings is 2. The summed E-state index contributed by atoms with van der Waals surface area (Å²) in [5.41, 5.74) is 1.82. The SMILES string of the molecule is Cc1cc(N=Cc2cccc([N+](=O)[O-])c2O)ccc1I. The van der Waals surface area contributed by atoms with Crippen molar-refractivity contribution in [3.05, 3.63) is 61.2 Å². The van der Waals surface area contributed by atoms with Gasteiger partial charge in [0.05, 0.1) is 10.6 Å². The Morgan fingerprint density at radius 3 is 2.75 bits per heavy atom. The van der Waals surface area contributed by atoms with E-state index in [2.05, 4.69) is 27.6 Å². The number of halogens is 1. The highest BCUT2D eigenvalue weighted by Crippen LogP contribution is 2.28. The number of hydrogen-bond donors (Lipinski definition) is 1. The van der Waals surface area contributed by atoms with E-state index in [4.69, 9.17) is 0 Å². The van der Waals surface area contributed by atoms with E-state index in [-0.39, 0.29) is 11.4 Å². The standard InChI is InChI=1S/C14H11IN2O3/c1-9-7-11(5-6-12(9)15)16-8-10-3-2-4-13(14(10)18)17(19)20/h2-8,18H,1H3. The highest BCUT2D eigenvalue weighted by molar-refractivity contribution is 14.1. The molecule has 20 heavy (non-hydrogen) atoms. The zero-order valence-corrected chi connectivity index (χ0v) is 12.7. The maximum atomic E-state index is 10.7. The number of phenols is 1. The van der Waals surface area contributed by atoms with Crippen LogP contribution in [0.1, 0.15) is 11.1 Å². The predicted octanol–water partition coefficient (Wildman–Crippen LogP) is 3.96. The number of phenolic OH excluding ortho intramolecular Hbond substituents is 1. The summed E-state index contributed by atoms with van der Waals surface area (Å²) in [5.74, 6) is -0.372. The van der Waals surface area contributed by atoms with Gasteiger partial charge < -0.3 is 5.11 Å². The van der Waals surface area contributed by atoms with Crippen molar-refractivity contribution in [2.75, 3.05) is 0 Å². The molecule has 0 amide bonds. The monoisotopic (exact) mass is 382 g/mol. The first-order valence-corrected chi connectivity index (χ1v) is 6.83. The van der Waals surface area contributed by atoms with Crippen molar-refractivity contribution >= 4 is 40.2 Å². The van der Waals surface area contributed by atoms with Crippen LogP contribution >= 0.6 is 22.6 Å². The van der Waals surface area contributed by atoms with Crippen molar-refractivity contribution in [1.82, 2.24) is 0 Å². The number of rotatable bonds is 3. The van der Waals surface area contributed by atoms with Crippen molar-refractivity contribution in [3.63, 3.8) is 0 Å². The molecule has 0 fully saturated rings. The van der Waals surface area contributed by atoms with Gasteiger partial charge in [0.1, 0.15) is 0 Å². The fraction of sp³-hybridized carbons (Fsp3) is 0.0714. The molecule has 0 aliphatic rings. The van der Waals surface area contributed by atoms with Crippen LogP contribution in [0.5, 0.6) is 5.75 Å². The average Bonchev–Trinajstić information content (AvgIpc) is 2.41. The van der Waals surface area contributed by atoms with Gasteiger partial charge in [-0.05, 0) is 59.3 Å². The smallest absolute Gasteiger partial charge is 0.311 e. The van der Waals surface area contributed by atoms with E-state index in [9.17, 15) is 15.2 Å². The topological polar surface area (TPSA) is 75.7 Å². The van der Waals surface area contributed by atoms with Crippen LogP contribution in [0.25, 0.3) is 0 Å². The molecule has 0 aromatic heterocycles. The van der Waals surface area contributed by atoms with E-state index in [1.165, 1.54) is 18.3 Å². The van der Waals surface area contributed by atoms with Crippen molar-refractivity contribution in [2.45, 2.75) is 6.92 Å². The second-order valence-corrected chi connectivity index (χ2v) is 5.33. The largest absolute Gasteiger partial charge is 0.502 e. The maximum Gasteiger partial charge on any atom is 0.311 e. The zero-order chi connectivity index (χ0) is 14.7. The summed E-state index contributed by atoms with van der Waals surface area (Å²) in [7, 11) is 0. The summed E-state index contributed by atoms with van der Waals surface area (Å²) >= 11 is 2.23. The summed E-state index contributed by atoms with van der Waals surface area (Å²) in [6, 6.07) is 10.0. The summed E-state index contributed by atoms with van der Waals surface area (Å²) in [6.07, 6.45) is 1.42. The van der Waals surface area contributed by atoms with Crippen molar-refractivity contribution in [3.8, 4) is 5.75 Å². The molecule has 0 radical (unpaired) electrons. The van der Waals surface area contributed by atoms with Gasteiger partial charge in [-0.1, -0.05) is 6.07 Å². The molecule has 0 heterocycles. The van der Waals surface area contributed by atoms with E-state index in [1.54, 1.807) is 6.07 Å². The Hall–Kier alpha value is -1.96. The fourth-order valence-corrected chi connectivity index (χ4v) is 1.99. The van der Waals surface area contributed by atoms with E-state index < -0.39 is 4.92 Å². The molecule has 0 atom stereocenters. The van der Waals surface area contributed by atoms with Gasteiger partial charge in [0.2, 0.25) is 5.75 Å². The molecule has 0 saturated carbocycles. The Bertz CT molecular complexity index is 699. The lowest BCUT2D eigenvalue weighted by molar-refractivity contribution is -0.385. The van der Waals surface area contributed by atoms with Crippen molar-refractivity contribution in [2.24, 2.45) is 4.99 Å². The number of nitrogens with zero attached hydrogens (tertiary/aromatic N) is 2. The molecule has 2 rings (SSSR count). The third-order valence-electron chi connectivity index (χ3n) is 2.74. The van der Waals surface area contributed by atoms with Crippen LogP contribution in [0, 0.1) is 20.6 Å². The molecular formula is C14H11IN2O3. The minimum Gasteiger partial charge on any atom is -0.502 e. The van der Waals surface area contributed by atoms with Gasteiger partial charge in [-0.15, -0.1) is 0 Å². The number of para-hydroxylation sites is 1. The first-order valence-electron chi connectivity index (χ1n) is 5.75. The Labute approximate surface area is 129 Å². The minimum absolute atomic E-state index is 0.315. The number of hydrogen-bond acceptors (Lipinski definition) is 4. The molecule has 2 aromatic carbocycles. The second kappa shape index (κ2) is 6.00. The number of nitro groups is 1. The summed E-state index contributed by atoms with van der Waals surface area (Å²) in [4.78, 5) is 14.3. The first-order chi connectivity index (χ1) is 9.49. The maximum absolute atomic E-state index is 10.7. The Kier molecular flexibility index (Phi) is 4.33. The fourth-order valence-electron chi connectivity index (χ4n) is 1.65. The minimum atomic E-state index is -0.623. The van der Waals surface area contributed by atoms with Crippen LogP contribution in [-0.4, -0.2) is 16.2 Å². The van der Waals surface area contributed by atoms with E-state index in [0.29, 0.717) is 5.56 Å². The van der Waals surface area contributed by atoms with Gasteiger partial charge >= 0.3 is 5.69 Å². The predicted molar refractivity (Wildman–Crippen MR) is 85.9 cm³/mol. The van der Waals surface area contributed by atoms with Crippen LogP contribution in [0.4, 0.5) is 11.4 Å². The summed E-state index contributed by atoms with van der Waals surface area (Å²) in [5, 5.41) is 20.5. The number of aromatic hydroxyl groups is 1. The molecule has 0 unspecified atom stereocenters. The molecule has 5 nitrogen and oxygen atoms in total.